The van der Waals surface area contributed by atoms with Crippen molar-refractivity contribution in [1.82, 2.24) is 0 Å². The number of fused-ring (bicyclic) bond motifs is 1. The number of esters is 1. The molecule has 0 radical (unpaired) electrons. The van der Waals surface area contributed by atoms with Crippen molar-refractivity contribution in [2.75, 3.05) is 4.90 Å². The molecule has 1 unspecified atom stereocenters. The zero-order valence-corrected chi connectivity index (χ0v) is 13.4. The van der Waals surface area contributed by atoms with Gasteiger partial charge < -0.3 is 4.74 Å². The van der Waals surface area contributed by atoms with E-state index in [0.29, 0.717) is 0 Å². The zero-order chi connectivity index (χ0) is 17.8. The van der Waals surface area contributed by atoms with Gasteiger partial charge in [0, 0.05) is 12.1 Å². The van der Waals surface area contributed by atoms with Crippen molar-refractivity contribution in [1.29, 1.82) is 0 Å². The fraction of sp³-hybridized carbons (Fsp3) is 0.438. The lowest BCUT2D eigenvalue weighted by molar-refractivity contribution is -0.384. The highest BCUT2D eigenvalue weighted by molar-refractivity contribution is 6.27. The molecule has 8 nitrogen and oxygen atoms in total. The summed E-state index contributed by atoms with van der Waals surface area (Å²) >= 11 is 0. The Kier molecular flexibility index (Phi) is 3.43. The first kappa shape index (κ1) is 16.1. The van der Waals surface area contributed by atoms with Gasteiger partial charge in [-0.3, -0.25) is 29.4 Å². The predicted molar refractivity (Wildman–Crippen MR) is 81.9 cm³/mol. The number of imide groups is 1. The molecule has 24 heavy (non-hydrogen) atoms. The number of piperidine rings is 1. The first-order chi connectivity index (χ1) is 11.1. The molecule has 2 amide bonds. The van der Waals surface area contributed by atoms with Gasteiger partial charge in [-0.15, -0.1) is 0 Å². The number of nitro groups is 1. The van der Waals surface area contributed by atoms with Gasteiger partial charge in [0.25, 0.3) is 5.69 Å². The molecule has 1 heterocycles. The SMILES string of the molecule is CC(C)(C)OC(=O)C1[C@H]2C(=O)N(c3ccc([N+](=O)[O-])cc3)C(=O)[C@@H]12. The normalized spacial score (nSPS) is 25.5. The average molecular weight is 332 g/mol. The Morgan fingerprint density at radius 3 is 2.04 bits per heavy atom. The molecule has 126 valence electrons. The molecule has 2 aliphatic rings. The van der Waals surface area contributed by atoms with E-state index in [0.717, 1.165) is 4.90 Å². The number of ether oxygens (including phenoxy) is 1. The quantitative estimate of drug-likeness (QED) is 0.361. The van der Waals surface area contributed by atoms with Gasteiger partial charge in [-0.1, -0.05) is 0 Å². The maximum absolute atomic E-state index is 12.4. The first-order valence-electron chi connectivity index (χ1n) is 7.47. The number of nitro benzene ring substituents is 1. The van der Waals surface area contributed by atoms with E-state index in [1.54, 1.807) is 20.8 Å². The Morgan fingerprint density at radius 1 is 1.12 bits per heavy atom. The molecule has 0 N–H and O–H groups in total. The van der Waals surface area contributed by atoms with Crippen LogP contribution in [0.4, 0.5) is 11.4 Å². The fourth-order valence-corrected chi connectivity index (χ4v) is 2.97. The van der Waals surface area contributed by atoms with E-state index in [-0.39, 0.29) is 11.4 Å². The second-order valence-corrected chi connectivity index (χ2v) is 6.90. The summed E-state index contributed by atoms with van der Waals surface area (Å²) in [4.78, 5) is 48.0. The number of nitrogens with zero attached hydrogens (tertiary/aromatic N) is 2. The summed E-state index contributed by atoms with van der Waals surface area (Å²) in [5.74, 6) is -3.57. The first-order valence-corrected chi connectivity index (χ1v) is 7.47. The van der Waals surface area contributed by atoms with Crippen molar-refractivity contribution in [3.05, 3.63) is 34.4 Å². The maximum atomic E-state index is 12.4. The Morgan fingerprint density at radius 2 is 1.62 bits per heavy atom. The Balaban J connectivity index is 1.76. The molecule has 3 rings (SSSR count). The summed E-state index contributed by atoms with van der Waals surface area (Å²) < 4.78 is 5.24. The molecule has 1 saturated carbocycles. The summed E-state index contributed by atoms with van der Waals surface area (Å²) in [6.45, 7) is 5.15. The van der Waals surface area contributed by atoms with Gasteiger partial charge in [0.2, 0.25) is 11.8 Å². The molecule has 3 atom stereocenters. The standard InChI is InChI=1S/C16H16N2O6/c1-16(2,3)24-15(21)12-10-11(12)14(20)17(13(10)19)8-4-6-9(7-5-8)18(22)23/h4-7,10-12H,1-3H3/t10-,11+,12?. The third-order valence-electron chi connectivity index (χ3n) is 4.03. The molecule has 1 saturated heterocycles. The van der Waals surface area contributed by atoms with Crippen LogP contribution in [0.15, 0.2) is 24.3 Å². The van der Waals surface area contributed by atoms with Gasteiger partial charge >= 0.3 is 5.97 Å². The molecule has 0 aromatic heterocycles. The number of carbonyl (C=O) groups excluding carboxylic acids is 3. The third-order valence-corrected chi connectivity index (χ3v) is 4.03. The highest BCUT2D eigenvalue weighted by atomic mass is 16.6. The van der Waals surface area contributed by atoms with Crippen LogP contribution in [0.2, 0.25) is 0 Å². The number of non-ortho nitro benzene ring substituents is 1. The highest BCUT2D eigenvalue weighted by Crippen LogP contribution is 2.55. The van der Waals surface area contributed by atoms with E-state index in [1.165, 1.54) is 24.3 Å². The van der Waals surface area contributed by atoms with Crippen LogP contribution in [0.1, 0.15) is 20.8 Å². The number of rotatable bonds is 3. The molecule has 0 bridgehead atoms. The fourth-order valence-electron chi connectivity index (χ4n) is 2.97. The lowest BCUT2D eigenvalue weighted by Gasteiger charge is -2.22. The number of amides is 2. The summed E-state index contributed by atoms with van der Waals surface area (Å²) in [6.07, 6.45) is 0. The summed E-state index contributed by atoms with van der Waals surface area (Å²) in [7, 11) is 0. The average Bonchev–Trinajstić information content (AvgIpc) is 3.16. The van der Waals surface area contributed by atoms with Crippen molar-refractivity contribution in [2.45, 2.75) is 26.4 Å². The molecule has 1 aliphatic carbocycles. The van der Waals surface area contributed by atoms with Gasteiger partial charge in [0.05, 0.1) is 28.4 Å². The predicted octanol–water partition coefficient (Wildman–Crippen LogP) is 1.67. The number of carbonyl (C=O) groups is 3. The summed E-state index contributed by atoms with van der Waals surface area (Å²) in [6, 6.07) is 5.15. The van der Waals surface area contributed by atoms with E-state index in [9.17, 15) is 24.5 Å². The molecule has 2 fully saturated rings. The van der Waals surface area contributed by atoms with Gasteiger partial charge in [-0.2, -0.15) is 0 Å². The molecule has 1 aliphatic heterocycles. The number of benzene rings is 1. The van der Waals surface area contributed by atoms with E-state index in [4.69, 9.17) is 4.74 Å². The van der Waals surface area contributed by atoms with Gasteiger partial charge in [0.15, 0.2) is 0 Å². The largest absolute Gasteiger partial charge is 0.460 e. The maximum Gasteiger partial charge on any atom is 0.311 e. The van der Waals surface area contributed by atoms with Crippen LogP contribution < -0.4 is 4.90 Å². The van der Waals surface area contributed by atoms with E-state index in [2.05, 4.69) is 0 Å². The lowest BCUT2D eigenvalue weighted by Crippen LogP contribution is -2.37. The number of anilines is 1. The van der Waals surface area contributed by atoms with E-state index < -0.39 is 46.1 Å². The van der Waals surface area contributed by atoms with Crippen LogP contribution in [0.25, 0.3) is 0 Å². The van der Waals surface area contributed by atoms with Crippen molar-refractivity contribution < 1.29 is 24.0 Å². The van der Waals surface area contributed by atoms with Crippen LogP contribution in [0.3, 0.4) is 0 Å². The molecule has 0 spiro atoms. The van der Waals surface area contributed by atoms with Gasteiger partial charge in [0.1, 0.15) is 5.60 Å². The molecular formula is C16H16N2O6. The van der Waals surface area contributed by atoms with Crippen LogP contribution in [0.5, 0.6) is 0 Å². The Labute approximate surface area is 137 Å². The second-order valence-electron chi connectivity index (χ2n) is 6.90. The smallest absolute Gasteiger partial charge is 0.311 e. The van der Waals surface area contributed by atoms with Crippen molar-refractivity contribution in [2.24, 2.45) is 17.8 Å². The highest BCUT2D eigenvalue weighted by Gasteiger charge is 2.71. The van der Waals surface area contributed by atoms with E-state index >= 15 is 0 Å². The zero-order valence-electron chi connectivity index (χ0n) is 13.4. The van der Waals surface area contributed by atoms with Gasteiger partial charge in [-0.25, -0.2) is 0 Å². The monoisotopic (exact) mass is 332 g/mol. The number of hydrogen-bond donors (Lipinski definition) is 0. The third kappa shape index (κ3) is 2.53. The topological polar surface area (TPSA) is 107 Å². The molecule has 1 aromatic carbocycles. The summed E-state index contributed by atoms with van der Waals surface area (Å²) in [5.41, 5.74) is -0.543. The van der Waals surface area contributed by atoms with Gasteiger partial charge in [-0.05, 0) is 32.9 Å². The van der Waals surface area contributed by atoms with Crippen LogP contribution in [-0.4, -0.2) is 28.3 Å². The lowest BCUT2D eigenvalue weighted by atomic mass is 10.1. The van der Waals surface area contributed by atoms with Crippen molar-refractivity contribution in [3.8, 4) is 0 Å². The minimum atomic E-state index is -0.724. The van der Waals surface area contributed by atoms with Crippen LogP contribution in [0, 0.1) is 27.9 Å². The summed E-state index contributed by atoms with van der Waals surface area (Å²) in [5, 5.41) is 10.7. The van der Waals surface area contributed by atoms with Crippen LogP contribution in [-0.2, 0) is 19.1 Å². The molecular weight excluding hydrogens is 316 g/mol. The molecule has 1 aromatic rings. The molecule has 8 heteroatoms. The minimum absolute atomic E-state index is 0.130. The van der Waals surface area contributed by atoms with Crippen molar-refractivity contribution >= 4 is 29.2 Å². The van der Waals surface area contributed by atoms with Crippen LogP contribution >= 0.6 is 0 Å². The Bertz CT molecular complexity index is 727. The van der Waals surface area contributed by atoms with Crippen molar-refractivity contribution in [3.63, 3.8) is 0 Å². The Hall–Kier alpha value is -2.77. The second kappa shape index (κ2) is 5.12. The van der Waals surface area contributed by atoms with E-state index in [1.807, 2.05) is 0 Å². The number of hydrogen-bond acceptors (Lipinski definition) is 6. The minimum Gasteiger partial charge on any atom is -0.460 e.